The number of anilines is 2. The summed E-state index contributed by atoms with van der Waals surface area (Å²) in [5, 5.41) is 7.35. The van der Waals surface area contributed by atoms with E-state index in [2.05, 4.69) is 31.9 Å². The van der Waals surface area contributed by atoms with E-state index in [1.807, 2.05) is 30.8 Å². The second-order valence-electron chi connectivity index (χ2n) is 6.22. The first-order valence-electron chi connectivity index (χ1n) is 8.26. The number of aryl methyl sites for hydroxylation is 3. The van der Waals surface area contributed by atoms with Crippen LogP contribution in [0.1, 0.15) is 12.0 Å². The standard InChI is InChI=1S/C17H17FN8S/c1-10-6-14-20-9-21-26(14)8-12(10)22-16-19-7-13-15(23-16)25(5-4-11(2)18)17(27)24(13)3/h6-9H,2,4-5H2,1,3H3,(H,19,22,23). The first kappa shape index (κ1) is 17.3. The molecule has 8 nitrogen and oxygen atoms in total. The van der Waals surface area contributed by atoms with E-state index in [4.69, 9.17) is 12.2 Å². The molecule has 0 aliphatic heterocycles. The molecule has 138 valence electrons. The van der Waals surface area contributed by atoms with Crippen molar-refractivity contribution in [2.45, 2.75) is 19.9 Å². The third-order valence-corrected chi connectivity index (χ3v) is 4.85. The molecule has 10 heteroatoms. The van der Waals surface area contributed by atoms with Crippen LogP contribution in [-0.2, 0) is 13.6 Å². The SMILES string of the molecule is C=C(F)CCn1c(=S)n(C)c2cnc(Nc3cn4ncnc4cc3C)nc21. The van der Waals surface area contributed by atoms with Gasteiger partial charge in [0, 0.05) is 20.0 Å². The molecule has 0 saturated heterocycles. The molecule has 0 aromatic carbocycles. The Morgan fingerprint density at radius 3 is 2.96 bits per heavy atom. The van der Waals surface area contributed by atoms with Crippen molar-refractivity contribution < 1.29 is 4.39 Å². The molecule has 0 radical (unpaired) electrons. The van der Waals surface area contributed by atoms with Crippen LogP contribution in [-0.4, -0.2) is 33.7 Å². The topological polar surface area (TPSA) is 77.9 Å². The van der Waals surface area contributed by atoms with Crippen LogP contribution in [0.25, 0.3) is 16.8 Å². The minimum atomic E-state index is -0.391. The van der Waals surface area contributed by atoms with Crippen molar-refractivity contribution in [3.8, 4) is 0 Å². The molecule has 0 spiro atoms. The fraction of sp³-hybridized carbons (Fsp3) is 0.235. The Labute approximate surface area is 159 Å². The number of fused-ring (bicyclic) bond motifs is 2. The van der Waals surface area contributed by atoms with Gasteiger partial charge < -0.3 is 14.5 Å². The number of hydrogen-bond donors (Lipinski definition) is 1. The van der Waals surface area contributed by atoms with Crippen LogP contribution in [0.15, 0.2) is 37.2 Å². The van der Waals surface area contributed by atoms with Gasteiger partial charge in [0.2, 0.25) is 5.95 Å². The molecule has 27 heavy (non-hydrogen) atoms. The average Bonchev–Trinajstić information content (AvgIpc) is 3.17. The minimum absolute atomic E-state index is 0.183. The fourth-order valence-electron chi connectivity index (χ4n) is 2.88. The minimum Gasteiger partial charge on any atom is -0.323 e. The van der Waals surface area contributed by atoms with Gasteiger partial charge in [-0.05, 0) is 30.8 Å². The Kier molecular flexibility index (Phi) is 4.19. The van der Waals surface area contributed by atoms with Crippen molar-refractivity contribution >= 4 is 40.7 Å². The third-order valence-electron chi connectivity index (χ3n) is 4.36. The third kappa shape index (κ3) is 3.08. The first-order chi connectivity index (χ1) is 12.9. The van der Waals surface area contributed by atoms with E-state index in [0.717, 1.165) is 22.4 Å². The van der Waals surface area contributed by atoms with Gasteiger partial charge in [-0.2, -0.15) is 10.1 Å². The van der Waals surface area contributed by atoms with Crippen LogP contribution in [0.4, 0.5) is 16.0 Å². The zero-order valence-electron chi connectivity index (χ0n) is 14.8. The summed E-state index contributed by atoms with van der Waals surface area (Å²) in [7, 11) is 1.84. The Hall–Kier alpha value is -3.14. The molecular weight excluding hydrogens is 367 g/mol. The molecule has 4 aromatic rings. The van der Waals surface area contributed by atoms with E-state index in [9.17, 15) is 4.39 Å². The Bertz CT molecular complexity index is 1240. The van der Waals surface area contributed by atoms with Gasteiger partial charge in [0.1, 0.15) is 11.8 Å². The van der Waals surface area contributed by atoms with Crippen molar-refractivity contribution in [2.24, 2.45) is 7.05 Å². The number of allylic oxidation sites excluding steroid dienone is 1. The summed E-state index contributed by atoms with van der Waals surface area (Å²) in [6.45, 7) is 5.64. The van der Waals surface area contributed by atoms with Crippen LogP contribution in [0, 0.1) is 11.7 Å². The summed E-state index contributed by atoms with van der Waals surface area (Å²) >= 11 is 5.45. The van der Waals surface area contributed by atoms with E-state index in [0.29, 0.717) is 22.9 Å². The summed E-state index contributed by atoms with van der Waals surface area (Å²) in [5.41, 5.74) is 3.97. The number of nitrogens with one attached hydrogen (secondary N) is 1. The van der Waals surface area contributed by atoms with Crippen molar-refractivity contribution in [3.05, 3.63) is 47.5 Å². The quantitative estimate of drug-likeness (QED) is 0.531. The summed E-state index contributed by atoms with van der Waals surface area (Å²) in [5.74, 6) is 0.0246. The summed E-state index contributed by atoms with van der Waals surface area (Å²) < 4.78 is 19.0. The zero-order valence-corrected chi connectivity index (χ0v) is 15.7. The predicted octanol–water partition coefficient (Wildman–Crippen LogP) is 3.47. The monoisotopic (exact) mass is 384 g/mol. The van der Waals surface area contributed by atoms with Gasteiger partial charge in [-0.1, -0.05) is 6.58 Å². The summed E-state index contributed by atoms with van der Waals surface area (Å²) in [4.78, 5) is 13.1. The molecule has 0 unspecified atom stereocenters. The molecular formula is C17H17FN8S. The number of hydrogen-bond acceptors (Lipinski definition) is 6. The lowest BCUT2D eigenvalue weighted by molar-refractivity contribution is 0.551. The highest BCUT2D eigenvalue weighted by atomic mass is 32.1. The van der Waals surface area contributed by atoms with Crippen LogP contribution in [0.2, 0.25) is 0 Å². The van der Waals surface area contributed by atoms with Gasteiger partial charge in [0.05, 0.1) is 23.9 Å². The smallest absolute Gasteiger partial charge is 0.229 e. The Morgan fingerprint density at radius 2 is 2.19 bits per heavy atom. The second kappa shape index (κ2) is 6.54. The maximum absolute atomic E-state index is 13.1. The van der Waals surface area contributed by atoms with Gasteiger partial charge in [-0.15, -0.1) is 0 Å². The second-order valence-corrected chi connectivity index (χ2v) is 6.59. The number of imidazole rings is 1. The summed E-state index contributed by atoms with van der Waals surface area (Å²) in [6.07, 6.45) is 5.21. The van der Waals surface area contributed by atoms with Gasteiger partial charge in [0.25, 0.3) is 0 Å². The molecule has 0 amide bonds. The lowest BCUT2D eigenvalue weighted by Gasteiger charge is -2.09. The van der Waals surface area contributed by atoms with Crippen LogP contribution in [0.5, 0.6) is 0 Å². The van der Waals surface area contributed by atoms with E-state index in [1.165, 1.54) is 6.33 Å². The van der Waals surface area contributed by atoms with Crippen LogP contribution in [0.3, 0.4) is 0 Å². The van der Waals surface area contributed by atoms with Gasteiger partial charge in [-0.25, -0.2) is 18.9 Å². The average molecular weight is 384 g/mol. The number of pyridine rings is 1. The Balaban J connectivity index is 1.75. The van der Waals surface area contributed by atoms with Gasteiger partial charge >= 0.3 is 0 Å². The molecule has 1 N–H and O–H groups in total. The van der Waals surface area contributed by atoms with Crippen LogP contribution >= 0.6 is 12.2 Å². The van der Waals surface area contributed by atoms with Crippen molar-refractivity contribution in [2.75, 3.05) is 5.32 Å². The van der Waals surface area contributed by atoms with Crippen molar-refractivity contribution in [1.82, 2.24) is 33.7 Å². The molecule has 0 aliphatic carbocycles. The zero-order chi connectivity index (χ0) is 19.1. The van der Waals surface area contributed by atoms with E-state index >= 15 is 0 Å². The molecule has 4 heterocycles. The predicted molar refractivity (Wildman–Crippen MR) is 103 cm³/mol. The maximum Gasteiger partial charge on any atom is 0.229 e. The Morgan fingerprint density at radius 1 is 1.37 bits per heavy atom. The van der Waals surface area contributed by atoms with Gasteiger partial charge in [0.15, 0.2) is 16.1 Å². The maximum atomic E-state index is 13.1. The highest BCUT2D eigenvalue weighted by Crippen LogP contribution is 2.22. The lowest BCUT2D eigenvalue weighted by atomic mass is 10.2. The normalized spacial score (nSPS) is 11.4. The molecule has 4 rings (SSSR count). The van der Waals surface area contributed by atoms with E-state index in [-0.39, 0.29) is 6.42 Å². The lowest BCUT2D eigenvalue weighted by Crippen LogP contribution is -2.04. The fourth-order valence-corrected chi connectivity index (χ4v) is 3.16. The number of rotatable bonds is 5. The molecule has 4 aromatic heterocycles. The first-order valence-corrected chi connectivity index (χ1v) is 8.67. The number of aromatic nitrogens is 7. The highest BCUT2D eigenvalue weighted by Gasteiger charge is 2.13. The van der Waals surface area contributed by atoms with E-state index in [1.54, 1.807) is 15.3 Å². The molecule has 0 bridgehead atoms. The molecule has 0 saturated carbocycles. The largest absolute Gasteiger partial charge is 0.323 e. The number of nitrogens with zero attached hydrogens (tertiary/aromatic N) is 7. The van der Waals surface area contributed by atoms with Crippen molar-refractivity contribution in [3.63, 3.8) is 0 Å². The van der Waals surface area contributed by atoms with E-state index < -0.39 is 5.83 Å². The number of halogens is 1. The van der Waals surface area contributed by atoms with Crippen molar-refractivity contribution in [1.29, 1.82) is 0 Å². The highest BCUT2D eigenvalue weighted by molar-refractivity contribution is 7.71. The van der Waals surface area contributed by atoms with Gasteiger partial charge in [-0.3, -0.25) is 0 Å². The molecule has 0 atom stereocenters. The van der Waals surface area contributed by atoms with Crippen LogP contribution < -0.4 is 5.32 Å². The molecule has 0 fully saturated rings. The molecule has 0 aliphatic rings. The summed E-state index contributed by atoms with van der Waals surface area (Å²) in [6, 6.07) is 1.92.